The summed E-state index contributed by atoms with van der Waals surface area (Å²) in [6, 6.07) is 6.38. The molecule has 2 aromatic rings. The summed E-state index contributed by atoms with van der Waals surface area (Å²) in [6.45, 7) is 4.32. The van der Waals surface area contributed by atoms with Gasteiger partial charge in [-0.15, -0.1) is 0 Å². The third kappa shape index (κ3) is 2.39. The molecular formula is C14H18N2O. The number of rotatable bonds is 3. The maximum absolute atomic E-state index is 8.94. The van der Waals surface area contributed by atoms with E-state index in [1.807, 2.05) is 17.8 Å². The van der Waals surface area contributed by atoms with Crippen LogP contribution >= 0.6 is 0 Å². The van der Waals surface area contributed by atoms with Gasteiger partial charge in [0.1, 0.15) is 5.82 Å². The van der Waals surface area contributed by atoms with Crippen LogP contribution < -0.4 is 0 Å². The molecule has 2 rings (SSSR count). The van der Waals surface area contributed by atoms with E-state index in [-0.39, 0.29) is 6.61 Å². The first-order valence-corrected chi connectivity index (χ1v) is 5.82. The van der Waals surface area contributed by atoms with Crippen LogP contribution in [0.4, 0.5) is 0 Å². The Morgan fingerprint density at radius 1 is 1.29 bits per heavy atom. The first-order valence-electron chi connectivity index (χ1n) is 5.82. The van der Waals surface area contributed by atoms with Crippen molar-refractivity contribution in [2.75, 3.05) is 6.61 Å². The van der Waals surface area contributed by atoms with Crippen LogP contribution in [-0.4, -0.2) is 21.3 Å². The number of aryl methyl sites for hydroxylation is 3. The van der Waals surface area contributed by atoms with Crippen LogP contribution in [0.1, 0.15) is 16.8 Å². The standard InChI is InChI=1S/C14H18N2O/c1-10-4-5-11(2)13(8-10)14-15-12(6-7-17)9-16(14)3/h4-5,8-9,17H,6-7H2,1-3H3. The summed E-state index contributed by atoms with van der Waals surface area (Å²) in [7, 11) is 1.99. The van der Waals surface area contributed by atoms with Crippen LogP contribution in [0.25, 0.3) is 11.4 Å². The van der Waals surface area contributed by atoms with Crippen molar-refractivity contribution in [3.8, 4) is 11.4 Å². The Bertz CT molecular complexity index is 529. The van der Waals surface area contributed by atoms with Crippen molar-refractivity contribution in [3.63, 3.8) is 0 Å². The minimum atomic E-state index is 0.142. The van der Waals surface area contributed by atoms with Gasteiger partial charge >= 0.3 is 0 Å². The van der Waals surface area contributed by atoms with Crippen LogP contribution in [0, 0.1) is 13.8 Å². The number of benzene rings is 1. The van der Waals surface area contributed by atoms with Gasteiger partial charge in [0, 0.05) is 31.8 Å². The largest absolute Gasteiger partial charge is 0.396 e. The van der Waals surface area contributed by atoms with E-state index in [9.17, 15) is 0 Å². The van der Waals surface area contributed by atoms with Crippen LogP contribution in [-0.2, 0) is 13.5 Å². The molecule has 0 radical (unpaired) electrons. The van der Waals surface area contributed by atoms with Crippen molar-refractivity contribution in [2.24, 2.45) is 7.05 Å². The van der Waals surface area contributed by atoms with Crippen LogP contribution in [0.2, 0.25) is 0 Å². The highest BCUT2D eigenvalue weighted by Gasteiger charge is 2.09. The molecule has 1 aromatic carbocycles. The molecule has 1 N–H and O–H groups in total. The molecule has 0 aliphatic carbocycles. The Labute approximate surface area is 102 Å². The average molecular weight is 230 g/mol. The van der Waals surface area contributed by atoms with E-state index in [4.69, 9.17) is 5.11 Å². The predicted octanol–water partition coefficient (Wildman–Crippen LogP) is 2.24. The quantitative estimate of drug-likeness (QED) is 0.878. The highest BCUT2D eigenvalue weighted by Crippen LogP contribution is 2.23. The van der Waals surface area contributed by atoms with Crippen LogP contribution in [0.15, 0.2) is 24.4 Å². The van der Waals surface area contributed by atoms with E-state index in [0.29, 0.717) is 6.42 Å². The van der Waals surface area contributed by atoms with Crippen molar-refractivity contribution in [1.29, 1.82) is 0 Å². The molecule has 0 unspecified atom stereocenters. The topological polar surface area (TPSA) is 38.1 Å². The minimum absolute atomic E-state index is 0.142. The Morgan fingerprint density at radius 3 is 2.76 bits per heavy atom. The van der Waals surface area contributed by atoms with Crippen LogP contribution in [0.5, 0.6) is 0 Å². The number of aliphatic hydroxyl groups is 1. The molecule has 1 heterocycles. The lowest BCUT2D eigenvalue weighted by Crippen LogP contribution is -1.94. The van der Waals surface area contributed by atoms with Gasteiger partial charge in [-0.3, -0.25) is 0 Å². The fourth-order valence-corrected chi connectivity index (χ4v) is 1.99. The number of hydrogen-bond donors (Lipinski definition) is 1. The second kappa shape index (κ2) is 4.72. The predicted molar refractivity (Wildman–Crippen MR) is 68.9 cm³/mol. The lowest BCUT2D eigenvalue weighted by atomic mass is 10.1. The molecule has 0 spiro atoms. The highest BCUT2D eigenvalue weighted by molar-refractivity contribution is 5.61. The zero-order chi connectivity index (χ0) is 12.4. The van der Waals surface area contributed by atoms with E-state index in [2.05, 4.69) is 37.0 Å². The molecule has 3 nitrogen and oxygen atoms in total. The minimum Gasteiger partial charge on any atom is -0.396 e. The molecule has 1 aromatic heterocycles. The summed E-state index contributed by atoms with van der Waals surface area (Å²) in [6.07, 6.45) is 2.59. The Kier molecular flexibility index (Phi) is 3.29. The van der Waals surface area contributed by atoms with Crippen molar-refractivity contribution < 1.29 is 5.11 Å². The van der Waals surface area contributed by atoms with Crippen LogP contribution in [0.3, 0.4) is 0 Å². The Hall–Kier alpha value is -1.61. The summed E-state index contributed by atoms with van der Waals surface area (Å²) >= 11 is 0. The number of imidazole rings is 1. The molecule has 3 heteroatoms. The van der Waals surface area contributed by atoms with Gasteiger partial charge in [-0.2, -0.15) is 0 Å². The van der Waals surface area contributed by atoms with E-state index >= 15 is 0 Å². The Balaban J connectivity index is 2.48. The van der Waals surface area contributed by atoms with Gasteiger partial charge in [0.15, 0.2) is 0 Å². The summed E-state index contributed by atoms with van der Waals surface area (Å²) in [5.41, 5.74) is 4.56. The van der Waals surface area contributed by atoms with Crippen molar-refractivity contribution in [1.82, 2.24) is 9.55 Å². The SMILES string of the molecule is Cc1ccc(C)c(-c2nc(CCO)cn2C)c1. The van der Waals surface area contributed by atoms with Crippen molar-refractivity contribution in [3.05, 3.63) is 41.2 Å². The summed E-state index contributed by atoms with van der Waals surface area (Å²) in [5.74, 6) is 0.967. The first kappa shape index (κ1) is 11.9. The van der Waals surface area contributed by atoms with Gasteiger partial charge in [0.25, 0.3) is 0 Å². The van der Waals surface area contributed by atoms with Gasteiger partial charge in [-0.05, 0) is 25.5 Å². The maximum Gasteiger partial charge on any atom is 0.140 e. The molecule has 0 fully saturated rings. The van der Waals surface area contributed by atoms with E-state index in [0.717, 1.165) is 17.1 Å². The number of nitrogens with zero attached hydrogens (tertiary/aromatic N) is 2. The van der Waals surface area contributed by atoms with Gasteiger partial charge in [-0.1, -0.05) is 17.7 Å². The smallest absolute Gasteiger partial charge is 0.140 e. The molecule has 0 saturated carbocycles. The monoisotopic (exact) mass is 230 g/mol. The number of aromatic nitrogens is 2. The molecule has 0 bridgehead atoms. The molecule has 0 aliphatic rings. The average Bonchev–Trinajstić information content (AvgIpc) is 2.64. The molecular weight excluding hydrogens is 212 g/mol. The van der Waals surface area contributed by atoms with E-state index in [1.54, 1.807) is 0 Å². The summed E-state index contributed by atoms with van der Waals surface area (Å²) < 4.78 is 2.02. The first-order chi connectivity index (χ1) is 8.11. The summed E-state index contributed by atoms with van der Waals surface area (Å²) in [4.78, 5) is 4.57. The van der Waals surface area contributed by atoms with E-state index < -0.39 is 0 Å². The summed E-state index contributed by atoms with van der Waals surface area (Å²) in [5, 5.41) is 8.94. The lowest BCUT2D eigenvalue weighted by Gasteiger charge is -2.06. The third-order valence-corrected chi connectivity index (χ3v) is 2.93. The second-order valence-corrected chi connectivity index (χ2v) is 4.46. The van der Waals surface area contributed by atoms with Gasteiger partial charge in [-0.25, -0.2) is 4.98 Å². The third-order valence-electron chi connectivity index (χ3n) is 2.93. The molecule has 90 valence electrons. The lowest BCUT2D eigenvalue weighted by molar-refractivity contribution is 0.298. The number of hydrogen-bond acceptors (Lipinski definition) is 2. The fraction of sp³-hybridized carbons (Fsp3) is 0.357. The molecule has 0 atom stereocenters. The van der Waals surface area contributed by atoms with Gasteiger partial charge in [0.2, 0.25) is 0 Å². The zero-order valence-corrected chi connectivity index (χ0v) is 10.6. The maximum atomic E-state index is 8.94. The van der Waals surface area contributed by atoms with Crippen molar-refractivity contribution in [2.45, 2.75) is 20.3 Å². The van der Waals surface area contributed by atoms with Gasteiger partial charge < -0.3 is 9.67 Å². The second-order valence-electron chi connectivity index (χ2n) is 4.46. The molecule has 0 amide bonds. The van der Waals surface area contributed by atoms with Gasteiger partial charge in [0.05, 0.1) is 5.69 Å². The van der Waals surface area contributed by atoms with E-state index in [1.165, 1.54) is 11.1 Å². The Morgan fingerprint density at radius 2 is 2.06 bits per heavy atom. The fourth-order valence-electron chi connectivity index (χ4n) is 1.99. The van der Waals surface area contributed by atoms with Crippen molar-refractivity contribution >= 4 is 0 Å². The molecule has 17 heavy (non-hydrogen) atoms. The number of aliphatic hydroxyl groups excluding tert-OH is 1. The molecule has 0 saturated heterocycles. The zero-order valence-electron chi connectivity index (χ0n) is 10.6. The molecule has 0 aliphatic heterocycles. The normalized spacial score (nSPS) is 10.8. The highest BCUT2D eigenvalue weighted by atomic mass is 16.3.